The van der Waals surface area contributed by atoms with Crippen LogP contribution >= 0.6 is 0 Å². The van der Waals surface area contributed by atoms with E-state index in [2.05, 4.69) is 21.8 Å². The lowest BCUT2D eigenvalue weighted by Gasteiger charge is -2.35. The molecule has 1 saturated heterocycles. The van der Waals surface area contributed by atoms with Crippen LogP contribution in [0.5, 0.6) is 0 Å². The predicted molar refractivity (Wildman–Crippen MR) is 65.5 cm³/mol. The third kappa shape index (κ3) is 2.16. The molecule has 2 unspecified atom stereocenters. The number of piperidine rings is 1. The van der Waals surface area contributed by atoms with Gasteiger partial charge in [0.15, 0.2) is 0 Å². The zero-order valence-corrected chi connectivity index (χ0v) is 10.3. The maximum absolute atomic E-state index is 6.01. The molecule has 0 bridgehead atoms. The third-order valence-corrected chi connectivity index (χ3v) is 3.48. The van der Waals surface area contributed by atoms with E-state index in [1.54, 1.807) is 0 Å². The summed E-state index contributed by atoms with van der Waals surface area (Å²) in [6.07, 6.45) is 2.90. The molecule has 2 N–H and O–H groups in total. The van der Waals surface area contributed by atoms with Crippen molar-refractivity contribution in [2.45, 2.75) is 33.2 Å². The first-order valence-electron chi connectivity index (χ1n) is 5.88. The Morgan fingerprint density at radius 1 is 1.38 bits per heavy atom. The van der Waals surface area contributed by atoms with Gasteiger partial charge in [-0.05, 0) is 26.2 Å². The number of hydrogen-bond donors (Lipinski definition) is 1. The van der Waals surface area contributed by atoms with Crippen molar-refractivity contribution in [3.05, 3.63) is 17.6 Å². The minimum absolute atomic E-state index is 0.329. The maximum atomic E-state index is 6.01. The summed E-state index contributed by atoms with van der Waals surface area (Å²) in [5, 5.41) is 0. The van der Waals surface area contributed by atoms with Crippen LogP contribution in [-0.4, -0.2) is 29.1 Å². The van der Waals surface area contributed by atoms with Crippen molar-refractivity contribution in [3.8, 4) is 0 Å². The summed E-state index contributed by atoms with van der Waals surface area (Å²) in [5.74, 6) is 1.51. The van der Waals surface area contributed by atoms with Crippen LogP contribution in [0.25, 0.3) is 0 Å². The lowest BCUT2D eigenvalue weighted by molar-refractivity contribution is 0.381. The van der Waals surface area contributed by atoms with Crippen molar-refractivity contribution in [1.29, 1.82) is 0 Å². The largest absolute Gasteiger partial charge is 0.355 e. The summed E-state index contributed by atoms with van der Waals surface area (Å²) in [5.41, 5.74) is 8.03. The second-order valence-electron chi connectivity index (χ2n) is 4.77. The molecule has 0 aromatic carbocycles. The first kappa shape index (κ1) is 11.3. The molecule has 0 radical (unpaired) electrons. The highest BCUT2D eigenvalue weighted by Gasteiger charge is 2.24. The number of nitrogens with two attached hydrogens (primary N) is 1. The maximum Gasteiger partial charge on any atom is 0.147 e. The Balaban J connectivity index is 2.15. The topological polar surface area (TPSA) is 55.0 Å². The predicted octanol–water partition coefficient (Wildman–Crippen LogP) is 1.27. The lowest BCUT2D eigenvalue weighted by atomic mass is 9.95. The molecule has 0 saturated carbocycles. The molecule has 1 aromatic heterocycles. The molecule has 4 heteroatoms. The number of nitrogens with zero attached hydrogens (tertiary/aromatic N) is 3. The second-order valence-corrected chi connectivity index (χ2v) is 4.77. The van der Waals surface area contributed by atoms with Crippen molar-refractivity contribution in [2.75, 3.05) is 18.0 Å². The highest BCUT2D eigenvalue weighted by atomic mass is 15.2. The van der Waals surface area contributed by atoms with Crippen LogP contribution in [0.4, 0.5) is 5.82 Å². The fourth-order valence-corrected chi connectivity index (χ4v) is 2.05. The van der Waals surface area contributed by atoms with Crippen molar-refractivity contribution >= 4 is 5.82 Å². The molecule has 4 nitrogen and oxygen atoms in total. The minimum Gasteiger partial charge on any atom is -0.355 e. The van der Waals surface area contributed by atoms with E-state index in [0.717, 1.165) is 36.7 Å². The van der Waals surface area contributed by atoms with Gasteiger partial charge in [-0.3, -0.25) is 4.98 Å². The average Bonchev–Trinajstić information content (AvgIpc) is 2.26. The van der Waals surface area contributed by atoms with Crippen LogP contribution in [0.1, 0.15) is 24.7 Å². The average molecular weight is 220 g/mol. The number of rotatable bonds is 1. The second kappa shape index (κ2) is 4.37. The Hall–Kier alpha value is -1.16. The Morgan fingerprint density at radius 2 is 2.12 bits per heavy atom. The van der Waals surface area contributed by atoms with E-state index in [9.17, 15) is 0 Å². The Morgan fingerprint density at radius 3 is 2.75 bits per heavy atom. The first-order valence-corrected chi connectivity index (χ1v) is 5.88. The van der Waals surface area contributed by atoms with E-state index in [0.29, 0.717) is 12.0 Å². The van der Waals surface area contributed by atoms with Crippen molar-refractivity contribution in [3.63, 3.8) is 0 Å². The molecule has 2 rings (SSSR count). The van der Waals surface area contributed by atoms with E-state index in [1.807, 2.05) is 20.0 Å². The number of anilines is 1. The number of aromatic nitrogens is 2. The lowest BCUT2D eigenvalue weighted by Crippen LogP contribution is -2.46. The van der Waals surface area contributed by atoms with Gasteiger partial charge in [0.05, 0.1) is 17.6 Å². The number of hydrogen-bond acceptors (Lipinski definition) is 4. The fourth-order valence-electron chi connectivity index (χ4n) is 2.05. The summed E-state index contributed by atoms with van der Waals surface area (Å²) in [7, 11) is 0. The summed E-state index contributed by atoms with van der Waals surface area (Å²) < 4.78 is 0. The van der Waals surface area contributed by atoms with Crippen LogP contribution in [0.3, 0.4) is 0 Å². The molecule has 0 aliphatic carbocycles. The van der Waals surface area contributed by atoms with Gasteiger partial charge in [0.1, 0.15) is 5.82 Å². The molecule has 2 atom stereocenters. The van der Waals surface area contributed by atoms with E-state index in [1.165, 1.54) is 0 Å². The van der Waals surface area contributed by atoms with Crippen LogP contribution < -0.4 is 10.6 Å². The third-order valence-electron chi connectivity index (χ3n) is 3.48. The van der Waals surface area contributed by atoms with Gasteiger partial charge in [-0.15, -0.1) is 0 Å². The van der Waals surface area contributed by atoms with Crippen LogP contribution in [0.15, 0.2) is 6.20 Å². The van der Waals surface area contributed by atoms with Gasteiger partial charge in [-0.2, -0.15) is 0 Å². The van der Waals surface area contributed by atoms with E-state index in [-0.39, 0.29) is 0 Å². The summed E-state index contributed by atoms with van der Waals surface area (Å²) >= 11 is 0. The summed E-state index contributed by atoms with van der Waals surface area (Å²) in [4.78, 5) is 11.2. The SMILES string of the molecule is Cc1ncc(N2CCC(N)C(C)C2)nc1C. The van der Waals surface area contributed by atoms with Gasteiger partial charge in [-0.25, -0.2) is 4.98 Å². The molecular formula is C12H20N4. The van der Waals surface area contributed by atoms with Gasteiger partial charge in [0.25, 0.3) is 0 Å². The van der Waals surface area contributed by atoms with Crippen molar-refractivity contribution in [1.82, 2.24) is 9.97 Å². The summed E-state index contributed by atoms with van der Waals surface area (Å²) in [6, 6.07) is 0.329. The highest BCUT2D eigenvalue weighted by Crippen LogP contribution is 2.20. The highest BCUT2D eigenvalue weighted by molar-refractivity contribution is 5.38. The number of aryl methyl sites for hydroxylation is 2. The zero-order valence-electron chi connectivity index (χ0n) is 10.3. The van der Waals surface area contributed by atoms with Gasteiger partial charge < -0.3 is 10.6 Å². The molecule has 88 valence electrons. The molecule has 0 amide bonds. The zero-order chi connectivity index (χ0) is 11.7. The minimum atomic E-state index is 0.329. The molecule has 1 fully saturated rings. The van der Waals surface area contributed by atoms with Crippen molar-refractivity contribution in [2.24, 2.45) is 11.7 Å². The fraction of sp³-hybridized carbons (Fsp3) is 0.667. The monoisotopic (exact) mass is 220 g/mol. The molecule has 1 aromatic rings. The normalized spacial score (nSPS) is 25.9. The first-order chi connectivity index (χ1) is 7.58. The van der Waals surface area contributed by atoms with Gasteiger partial charge >= 0.3 is 0 Å². The van der Waals surface area contributed by atoms with E-state index in [4.69, 9.17) is 5.73 Å². The van der Waals surface area contributed by atoms with Crippen molar-refractivity contribution < 1.29 is 0 Å². The standard InChI is InChI=1S/C12H20N4/c1-8-7-16(5-4-11(8)13)12-6-14-9(2)10(3)15-12/h6,8,11H,4-5,7,13H2,1-3H3. The Labute approximate surface area is 96.9 Å². The van der Waals surface area contributed by atoms with Gasteiger partial charge in [0, 0.05) is 19.1 Å². The summed E-state index contributed by atoms with van der Waals surface area (Å²) in [6.45, 7) is 8.16. The molecule has 0 spiro atoms. The smallest absolute Gasteiger partial charge is 0.147 e. The van der Waals surface area contributed by atoms with E-state index < -0.39 is 0 Å². The van der Waals surface area contributed by atoms with Crippen LogP contribution in [-0.2, 0) is 0 Å². The quantitative estimate of drug-likeness (QED) is 0.774. The van der Waals surface area contributed by atoms with Crippen LogP contribution in [0.2, 0.25) is 0 Å². The van der Waals surface area contributed by atoms with Gasteiger partial charge in [0.2, 0.25) is 0 Å². The molecule has 16 heavy (non-hydrogen) atoms. The van der Waals surface area contributed by atoms with Crippen LogP contribution in [0, 0.1) is 19.8 Å². The Kier molecular flexibility index (Phi) is 3.10. The van der Waals surface area contributed by atoms with Gasteiger partial charge in [-0.1, -0.05) is 6.92 Å². The molecular weight excluding hydrogens is 200 g/mol. The molecule has 2 heterocycles. The van der Waals surface area contributed by atoms with E-state index >= 15 is 0 Å². The molecule has 1 aliphatic heterocycles. The molecule has 1 aliphatic rings. The Bertz CT molecular complexity index is 377.